The molecule has 0 fully saturated rings. The van der Waals surface area contributed by atoms with Gasteiger partial charge in [-0.15, -0.1) is 6.58 Å². The van der Waals surface area contributed by atoms with E-state index in [-0.39, 0.29) is 18.8 Å². The fraction of sp³-hybridized carbons (Fsp3) is 0.778. The van der Waals surface area contributed by atoms with Crippen LogP contribution in [0.25, 0.3) is 0 Å². The van der Waals surface area contributed by atoms with Crippen molar-refractivity contribution in [2.45, 2.75) is 26.1 Å². The summed E-state index contributed by atoms with van der Waals surface area (Å²) >= 11 is 0. The largest absolute Gasteiger partial charge is 0.394 e. The lowest BCUT2D eigenvalue weighted by atomic mass is 10.4. The zero-order chi connectivity index (χ0) is 9.40. The molecule has 0 aromatic heterocycles. The van der Waals surface area contributed by atoms with Crippen LogP contribution >= 0.6 is 0 Å². The molecule has 0 radical (unpaired) electrons. The Bertz CT molecular complexity index is 114. The third-order valence-electron chi connectivity index (χ3n) is 1.37. The number of ether oxygens (including phenoxy) is 2. The van der Waals surface area contributed by atoms with Gasteiger partial charge in [0.2, 0.25) is 0 Å². The van der Waals surface area contributed by atoms with Gasteiger partial charge in [0.25, 0.3) is 0 Å². The maximum atomic E-state index is 8.64. The minimum absolute atomic E-state index is 0.0498. The zero-order valence-corrected chi connectivity index (χ0v) is 7.82. The first kappa shape index (κ1) is 11.6. The summed E-state index contributed by atoms with van der Waals surface area (Å²) in [4.78, 5) is 0. The molecule has 0 saturated heterocycles. The molecular formula is C9H18O3. The van der Waals surface area contributed by atoms with Gasteiger partial charge in [-0.1, -0.05) is 6.08 Å². The summed E-state index contributed by atoms with van der Waals surface area (Å²) in [6, 6.07) is 0. The first-order valence-electron chi connectivity index (χ1n) is 4.15. The number of hydrogen-bond donors (Lipinski definition) is 1. The average Bonchev–Trinajstić information content (AvgIpc) is 2.10. The highest BCUT2D eigenvalue weighted by molar-refractivity contribution is 4.65. The summed E-state index contributed by atoms with van der Waals surface area (Å²) in [7, 11) is 0. The van der Waals surface area contributed by atoms with E-state index in [0.29, 0.717) is 13.2 Å². The monoisotopic (exact) mass is 174 g/mol. The van der Waals surface area contributed by atoms with E-state index >= 15 is 0 Å². The Labute approximate surface area is 74.0 Å². The number of aliphatic hydroxyl groups is 1. The first-order valence-corrected chi connectivity index (χ1v) is 4.15. The zero-order valence-electron chi connectivity index (χ0n) is 7.82. The van der Waals surface area contributed by atoms with E-state index in [1.165, 1.54) is 0 Å². The average molecular weight is 174 g/mol. The van der Waals surface area contributed by atoms with E-state index in [1.807, 2.05) is 13.8 Å². The second-order valence-electron chi connectivity index (χ2n) is 2.76. The summed E-state index contributed by atoms with van der Waals surface area (Å²) < 4.78 is 10.5. The molecule has 0 aromatic rings. The molecule has 2 atom stereocenters. The lowest BCUT2D eigenvalue weighted by Crippen LogP contribution is -2.22. The molecule has 3 nitrogen and oxygen atoms in total. The Hall–Kier alpha value is -0.380. The van der Waals surface area contributed by atoms with Crippen LogP contribution in [0, 0.1) is 0 Å². The third-order valence-corrected chi connectivity index (χ3v) is 1.37. The van der Waals surface area contributed by atoms with E-state index < -0.39 is 0 Å². The highest BCUT2D eigenvalue weighted by Crippen LogP contribution is 1.95. The van der Waals surface area contributed by atoms with Crippen molar-refractivity contribution in [1.82, 2.24) is 0 Å². The fourth-order valence-corrected chi connectivity index (χ4v) is 0.633. The maximum absolute atomic E-state index is 8.64. The summed E-state index contributed by atoms with van der Waals surface area (Å²) in [6.45, 7) is 8.38. The van der Waals surface area contributed by atoms with Gasteiger partial charge in [0, 0.05) is 0 Å². The van der Waals surface area contributed by atoms with Crippen LogP contribution in [0.5, 0.6) is 0 Å². The van der Waals surface area contributed by atoms with Crippen LogP contribution in [0.15, 0.2) is 12.7 Å². The van der Waals surface area contributed by atoms with Crippen molar-refractivity contribution in [3.63, 3.8) is 0 Å². The van der Waals surface area contributed by atoms with Crippen LogP contribution in [0.3, 0.4) is 0 Å². The second-order valence-corrected chi connectivity index (χ2v) is 2.76. The second kappa shape index (κ2) is 7.28. The molecule has 0 rings (SSSR count). The van der Waals surface area contributed by atoms with Gasteiger partial charge in [-0.25, -0.2) is 0 Å². The SMILES string of the molecule is C=CCOC(C)COC(C)CO. The van der Waals surface area contributed by atoms with E-state index in [1.54, 1.807) is 6.08 Å². The van der Waals surface area contributed by atoms with E-state index in [4.69, 9.17) is 14.6 Å². The number of aliphatic hydroxyl groups excluding tert-OH is 1. The van der Waals surface area contributed by atoms with E-state index in [2.05, 4.69) is 6.58 Å². The van der Waals surface area contributed by atoms with Crippen molar-refractivity contribution in [2.24, 2.45) is 0 Å². The Kier molecular flexibility index (Phi) is 7.05. The van der Waals surface area contributed by atoms with Crippen molar-refractivity contribution in [1.29, 1.82) is 0 Å². The van der Waals surface area contributed by atoms with E-state index in [9.17, 15) is 0 Å². The van der Waals surface area contributed by atoms with Gasteiger partial charge in [-0.3, -0.25) is 0 Å². The van der Waals surface area contributed by atoms with Gasteiger partial charge >= 0.3 is 0 Å². The molecule has 0 heterocycles. The molecule has 3 heteroatoms. The third kappa shape index (κ3) is 6.34. The lowest BCUT2D eigenvalue weighted by Gasteiger charge is -2.15. The number of rotatable bonds is 7. The van der Waals surface area contributed by atoms with E-state index in [0.717, 1.165) is 0 Å². The molecule has 0 aliphatic rings. The first-order chi connectivity index (χ1) is 5.70. The smallest absolute Gasteiger partial charge is 0.0784 e. The summed E-state index contributed by atoms with van der Waals surface area (Å²) in [5, 5.41) is 8.64. The quantitative estimate of drug-likeness (QED) is 0.585. The van der Waals surface area contributed by atoms with Crippen LogP contribution in [-0.2, 0) is 9.47 Å². The standard InChI is InChI=1S/C9H18O3/c1-4-5-11-9(3)7-12-8(2)6-10/h4,8-10H,1,5-7H2,2-3H3. The highest BCUT2D eigenvalue weighted by Gasteiger charge is 2.04. The van der Waals surface area contributed by atoms with Crippen LogP contribution in [0.1, 0.15) is 13.8 Å². The Morgan fingerprint density at radius 2 is 2.00 bits per heavy atom. The predicted molar refractivity (Wildman–Crippen MR) is 48.1 cm³/mol. The molecule has 0 bridgehead atoms. The van der Waals surface area contributed by atoms with Gasteiger partial charge in [0.05, 0.1) is 32.0 Å². The molecule has 0 aliphatic heterocycles. The van der Waals surface area contributed by atoms with Crippen LogP contribution < -0.4 is 0 Å². The molecule has 12 heavy (non-hydrogen) atoms. The molecule has 0 aliphatic carbocycles. The molecule has 0 amide bonds. The minimum Gasteiger partial charge on any atom is -0.394 e. The summed E-state index contributed by atoms with van der Waals surface area (Å²) in [6.07, 6.45) is 1.64. The molecule has 0 saturated carbocycles. The van der Waals surface area contributed by atoms with Crippen LogP contribution in [0.2, 0.25) is 0 Å². The van der Waals surface area contributed by atoms with Gasteiger partial charge in [0.15, 0.2) is 0 Å². The molecule has 0 aromatic carbocycles. The van der Waals surface area contributed by atoms with Crippen molar-refractivity contribution in [2.75, 3.05) is 19.8 Å². The molecule has 72 valence electrons. The fourth-order valence-electron chi connectivity index (χ4n) is 0.633. The highest BCUT2D eigenvalue weighted by atomic mass is 16.5. The summed E-state index contributed by atoms with van der Waals surface area (Å²) in [5.74, 6) is 0. The maximum Gasteiger partial charge on any atom is 0.0784 e. The minimum atomic E-state index is -0.111. The Morgan fingerprint density at radius 1 is 1.33 bits per heavy atom. The van der Waals surface area contributed by atoms with Gasteiger partial charge in [0.1, 0.15) is 0 Å². The van der Waals surface area contributed by atoms with Crippen molar-refractivity contribution >= 4 is 0 Å². The topological polar surface area (TPSA) is 38.7 Å². The molecule has 0 spiro atoms. The van der Waals surface area contributed by atoms with Crippen molar-refractivity contribution < 1.29 is 14.6 Å². The van der Waals surface area contributed by atoms with Gasteiger partial charge in [-0.05, 0) is 13.8 Å². The summed E-state index contributed by atoms with van der Waals surface area (Å²) in [5.41, 5.74) is 0. The number of hydrogen-bond acceptors (Lipinski definition) is 3. The Morgan fingerprint density at radius 3 is 2.50 bits per heavy atom. The Balaban J connectivity index is 3.29. The van der Waals surface area contributed by atoms with Crippen molar-refractivity contribution in [3.8, 4) is 0 Å². The van der Waals surface area contributed by atoms with Crippen LogP contribution in [-0.4, -0.2) is 37.1 Å². The van der Waals surface area contributed by atoms with Gasteiger partial charge in [-0.2, -0.15) is 0 Å². The normalized spacial score (nSPS) is 15.6. The van der Waals surface area contributed by atoms with Gasteiger partial charge < -0.3 is 14.6 Å². The predicted octanol–water partition coefficient (Wildman–Crippen LogP) is 0.975. The van der Waals surface area contributed by atoms with Crippen molar-refractivity contribution in [3.05, 3.63) is 12.7 Å². The van der Waals surface area contributed by atoms with Crippen LogP contribution in [0.4, 0.5) is 0 Å². The molecular weight excluding hydrogens is 156 g/mol. The molecule has 1 N–H and O–H groups in total. The lowest BCUT2D eigenvalue weighted by molar-refractivity contribution is -0.0390. The molecule has 2 unspecified atom stereocenters.